The van der Waals surface area contributed by atoms with Crippen molar-refractivity contribution in [2.75, 3.05) is 6.54 Å². The van der Waals surface area contributed by atoms with Crippen LogP contribution in [0.4, 0.5) is 8.78 Å². The number of carbonyl (C=O) groups excluding carboxylic acids is 1. The summed E-state index contributed by atoms with van der Waals surface area (Å²) < 4.78 is 26.8. The summed E-state index contributed by atoms with van der Waals surface area (Å²) in [4.78, 5) is 11.7. The van der Waals surface area contributed by atoms with Gasteiger partial charge in [0.1, 0.15) is 17.2 Å². The molecule has 0 aliphatic rings. The molecular formula is C15H12ClF2NO. The highest BCUT2D eigenvalue weighted by molar-refractivity contribution is 6.30. The second kappa shape index (κ2) is 6.48. The first-order valence-corrected chi connectivity index (χ1v) is 6.42. The summed E-state index contributed by atoms with van der Waals surface area (Å²) in [5, 5.41) is 3.12. The van der Waals surface area contributed by atoms with Gasteiger partial charge in [-0.15, -0.1) is 0 Å². The molecule has 0 spiro atoms. The first kappa shape index (κ1) is 14.5. The van der Waals surface area contributed by atoms with Crippen LogP contribution in [0.15, 0.2) is 42.5 Å². The minimum absolute atomic E-state index is 0.286. The molecule has 1 amide bonds. The molecular weight excluding hydrogens is 284 g/mol. The van der Waals surface area contributed by atoms with E-state index in [4.69, 9.17) is 11.6 Å². The van der Waals surface area contributed by atoms with Crippen LogP contribution in [0.3, 0.4) is 0 Å². The largest absolute Gasteiger partial charge is 0.352 e. The summed E-state index contributed by atoms with van der Waals surface area (Å²) in [6.07, 6.45) is 0.555. The average molecular weight is 296 g/mol. The van der Waals surface area contributed by atoms with Gasteiger partial charge in [-0.2, -0.15) is 0 Å². The van der Waals surface area contributed by atoms with E-state index in [0.717, 1.165) is 17.7 Å². The Balaban J connectivity index is 1.94. The zero-order valence-corrected chi connectivity index (χ0v) is 11.3. The van der Waals surface area contributed by atoms with Gasteiger partial charge in [0, 0.05) is 11.6 Å². The third kappa shape index (κ3) is 3.54. The topological polar surface area (TPSA) is 29.1 Å². The van der Waals surface area contributed by atoms with Crippen molar-refractivity contribution in [2.24, 2.45) is 0 Å². The summed E-state index contributed by atoms with van der Waals surface area (Å²) in [6.45, 7) is 0.286. The fourth-order valence-electron chi connectivity index (χ4n) is 1.77. The second-order valence-electron chi connectivity index (χ2n) is 4.23. The molecule has 0 saturated heterocycles. The van der Waals surface area contributed by atoms with E-state index >= 15 is 0 Å². The Kier molecular flexibility index (Phi) is 4.69. The lowest BCUT2D eigenvalue weighted by Gasteiger charge is -2.07. The summed E-state index contributed by atoms with van der Waals surface area (Å²) in [6, 6.07) is 10.5. The molecule has 1 N–H and O–H groups in total. The minimum Gasteiger partial charge on any atom is -0.352 e. The molecule has 0 bridgehead atoms. The molecule has 0 fully saturated rings. The van der Waals surface area contributed by atoms with Crippen LogP contribution in [0, 0.1) is 11.6 Å². The number of halogens is 3. The predicted octanol–water partition coefficient (Wildman–Crippen LogP) is 3.59. The number of hydrogen-bond acceptors (Lipinski definition) is 1. The monoisotopic (exact) mass is 295 g/mol. The summed E-state index contributed by atoms with van der Waals surface area (Å²) in [7, 11) is 0. The maximum absolute atomic E-state index is 13.4. The van der Waals surface area contributed by atoms with Gasteiger partial charge in [0.15, 0.2) is 0 Å². The van der Waals surface area contributed by atoms with Crippen LogP contribution in [-0.4, -0.2) is 12.5 Å². The van der Waals surface area contributed by atoms with Gasteiger partial charge in [-0.3, -0.25) is 4.79 Å². The van der Waals surface area contributed by atoms with Crippen molar-refractivity contribution in [3.63, 3.8) is 0 Å². The molecule has 5 heteroatoms. The highest BCUT2D eigenvalue weighted by Gasteiger charge is 2.16. The Morgan fingerprint density at radius 2 is 1.65 bits per heavy atom. The first-order valence-electron chi connectivity index (χ1n) is 6.04. The quantitative estimate of drug-likeness (QED) is 0.917. The molecule has 0 aliphatic heterocycles. The van der Waals surface area contributed by atoms with Gasteiger partial charge in [-0.05, 0) is 36.2 Å². The average Bonchev–Trinajstić information content (AvgIpc) is 2.41. The smallest absolute Gasteiger partial charge is 0.257 e. The lowest BCUT2D eigenvalue weighted by Crippen LogP contribution is -2.27. The number of benzene rings is 2. The summed E-state index contributed by atoms with van der Waals surface area (Å²) in [5.41, 5.74) is 0.423. The molecule has 0 unspecified atom stereocenters. The van der Waals surface area contributed by atoms with Crippen LogP contribution in [-0.2, 0) is 6.42 Å². The molecule has 2 nitrogen and oxygen atoms in total. The molecule has 0 atom stereocenters. The van der Waals surface area contributed by atoms with Crippen LogP contribution < -0.4 is 5.32 Å². The highest BCUT2D eigenvalue weighted by Crippen LogP contribution is 2.12. The molecule has 104 valence electrons. The van der Waals surface area contributed by atoms with Crippen LogP contribution in [0.5, 0.6) is 0 Å². The Bertz CT molecular complexity index is 594. The van der Waals surface area contributed by atoms with E-state index in [-0.39, 0.29) is 6.54 Å². The van der Waals surface area contributed by atoms with Gasteiger partial charge in [-0.25, -0.2) is 8.78 Å². The third-order valence-corrected chi connectivity index (χ3v) is 3.05. The van der Waals surface area contributed by atoms with Gasteiger partial charge in [0.05, 0.1) is 0 Å². The predicted molar refractivity (Wildman–Crippen MR) is 73.8 cm³/mol. The van der Waals surface area contributed by atoms with Gasteiger partial charge in [0.2, 0.25) is 0 Å². The first-order chi connectivity index (χ1) is 9.58. The molecule has 2 aromatic carbocycles. The zero-order chi connectivity index (χ0) is 14.5. The molecule has 2 rings (SSSR count). The highest BCUT2D eigenvalue weighted by atomic mass is 35.5. The minimum atomic E-state index is -0.867. The van der Waals surface area contributed by atoms with Crippen molar-refractivity contribution >= 4 is 17.5 Å². The number of carbonyl (C=O) groups is 1. The molecule has 0 radical (unpaired) electrons. The number of amides is 1. The maximum atomic E-state index is 13.4. The van der Waals surface area contributed by atoms with Crippen molar-refractivity contribution in [1.29, 1.82) is 0 Å². The normalized spacial score (nSPS) is 10.3. The fraction of sp³-hybridized carbons (Fsp3) is 0.133. The maximum Gasteiger partial charge on any atom is 0.257 e. The van der Waals surface area contributed by atoms with E-state index in [1.807, 2.05) is 12.1 Å². The second-order valence-corrected chi connectivity index (χ2v) is 4.67. The van der Waals surface area contributed by atoms with Gasteiger partial charge in [0.25, 0.3) is 5.91 Å². The lowest BCUT2D eigenvalue weighted by atomic mass is 10.1. The van der Waals surface area contributed by atoms with Crippen LogP contribution in [0.1, 0.15) is 15.9 Å². The summed E-state index contributed by atoms with van der Waals surface area (Å²) in [5.74, 6) is -2.49. The van der Waals surface area contributed by atoms with E-state index in [1.165, 1.54) is 6.07 Å². The van der Waals surface area contributed by atoms with Crippen molar-refractivity contribution in [2.45, 2.75) is 6.42 Å². The Labute approximate surface area is 120 Å². The van der Waals surface area contributed by atoms with Crippen molar-refractivity contribution in [3.05, 3.63) is 70.2 Å². The molecule has 0 aliphatic carbocycles. The van der Waals surface area contributed by atoms with E-state index in [0.29, 0.717) is 11.4 Å². The fourth-order valence-corrected chi connectivity index (χ4v) is 1.90. The van der Waals surface area contributed by atoms with E-state index in [2.05, 4.69) is 5.32 Å². The van der Waals surface area contributed by atoms with Gasteiger partial charge < -0.3 is 5.32 Å². The van der Waals surface area contributed by atoms with E-state index < -0.39 is 23.1 Å². The Morgan fingerprint density at radius 1 is 1.05 bits per heavy atom. The molecule has 0 heterocycles. The number of hydrogen-bond donors (Lipinski definition) is 1. The van der Waals surface area contributed by atoms with E-state index in [1.54, 1.807) is 12.1 Å². The van der Waals surface area contributed by atoms with Crippen LogP contribution in [0.25, 0.3) is 0 Å². The standard InChI is InChI=1S/C15H12ClF2NO/c16-11-6-4-10(5-7-11)8-9-19-15(20)14-12(17)2-1-3-13(14)18/h1-7H,8-9H2,(H,19,20). The number of nitrogens with one attached hydrogen (secondary N) is 1. The van der Waals surface area contributed by atoms with Crippen molar-refractivity contribution in [1.82, 2.24) is 5.32 Å². The third-order valence-electron chi connectivity index (χ3n) is 2.80. The van der Waals surface area contributed by atoms with Crippen LogP contribution >= 0.6 is 11.6 Å². The van der Waals surface area contributed by atoms with E-state index in [9.17, 15) is 13.6 Å². The van der Waals surface area contributed by atoms with Crippen molar-refractivity contribution in [3.8, 4) is 0 Å². The van der Waals surface area contributed by atoms with Crippen molar-refractivity contribution < 1.29 is 13.6 Å². The summed E-state index contributed by atoms with van der Waals surface area (Å²) >= 11 is 5.76. The number of rotatable bonds is 4. The van der Waals surface area contributed by atoms with Crippen LogP contribution in [0.2, 0.25) is 5.02 Å². The Hall–Kier alpha value is -1.94. The van der Waals surface area contributed by atoms with Gasteiger partial charge in [-0.1, -0.05) is 29.8 Å². The van der Waals surface area contributed by atoms with Gasteiger partial charge >= 0.3 is 0 Å². The zero-order valence-electron chi connectivity index (χ0n) is 10.5. The molecule has 20 heavy (non-hydrogen) atoms. The molecule has 0 saturated carbocycles. The SMILES string of the molecule is O=C(NCCc1ccc(Cl)cc1)c1c(F)cccc1F. The molecule has 2 aromatic rings. The molecule has 0 aromatic heterocycles. The Morgan fingerprint density at radius 3 is 2.25 bits per heavy atom. The lowest BCUT2D eigenvalue weighted by molar-refractivity contribution is 0.0945.